The molecule has 4 aliphatic rings. The number of hydrogen-bond acceptors (Lipinski definition) is 2. The van der Waals surface area contributed by atoms with Gasteiger partial charge in [0.1, 0.15) is 0 Å². The summed E-state index contributed by atoms with van der Waals surface area (Å²) in [6.07, 6.45) is 4.97. The maximum Gasteiger partial charge on any atom is 0.0657 e. The molecular formula is C10H16O2. The van der Waals surface area contributed by atoms with Crippen LogP contribution in [0.1, 0.15) is 32.1 Å². The van der Waals surface area contributed by atoms with Crippen molar-refractivity contribution in [3.05, 3.63) is 0 Å². The van der Waals surface area contributed by atoms with Crippen molar-refractivity contribution in [1.29, 1.82) is 0 Å². The molecule has 2 atom stereocenters. The number of aliphatic hydroxyl groups is 2. The molecule has 0 aromatic carbocycles. The molecule has 0 aromatic rings. The van der Waals surface area contributed by atoms with E-state index in [0.717, 1.165) is 25.2 Å². The Morgan fingerprint density at radius 1 is 1.00 bits per heavy atom. The van der Waals surface area contributed by atoms with Crippen LogP contribution in [0.15, 0.2) is 0 Å². The first kappa shape index (κ1) is 7.34. The topological polar surface area (TPSA) is 40.5 Å². The van der Waals surface area contributed by atoms with Crippen molar-refractivity contribution in [2.45, 2.75) is 43.8 Å². The van der Waals surface area contributed by atoms with E-state index in [0.29, 0.717) is 11.8 Å². The van der Waals surface area contributed by atoms with Gasteiger partial charge < -0.3 is 10.2 Å². The third kappa shape index (κ3) is 0.826. The molecule has 0 amide bonds. The minimum Gasteiger partial charge on any atom is -0.393 e. The molecular weight excluding hydrogens is 152 g/mol. The van der Waals surface area contributed by atoms with Gasteiger partial charge in [-0.1, -0.05) is 0 Å². The van der Waals surface area contributed by atoms with Gasteiger partial charge in [-0.15, -0.1) is 0 Å². The van der Waals surface area contributed by atoms with Crippen molar-refractivity contribution in [2.24, 2.45) is 17.8 Å². The second kappa shape index (κ2) is 2.05. The van der Waals surface area contributed by atoms with Crippen LogP contribution in [0.5, 0.6) is 0 Å². The lowest BCUT2D eigenvalue weighted by atomic mass is 9.53. The second-order valence-corrected chi connectivity index (χ2v) is 5.18. The molecule has 12 heavy (non-hydrogen) atoms. The molecule has 0 saturated heterocycles. The van der Waals surface area contributed by atoms with Crippen LogP contribution in [0, 0.1) is 17.8 Å². The van der Waals surface area contributed by atoms with Crippen LogP contribution in [0.4, 0.5) is 0 Å². The zero-order valence-corrected chi connectivity index (χ0v) is 7.24. The maximum absolute atomic E-state index is 10.1. The molecule has 0 spiro atoms. The second-order valence-electron chi connectivity index (χ2n) is 5.18. The molecule has 0 unspecified atom stereocenters. The minimum absolute atomic E-state index is 0.0955. The van der Waals surface area contributed by atoms with E-state index in [2.05, 4.69) is 0 Å². The van der Waals surface area contributed by atoms with E-state index in [-0.39, 0.29) is 11.7 Å². The average Bonchev–Trinajstić information content (AvgIpc) is 1.96. The quantitative estimate of drug-likeness (QED) is 0.564. The van der Waals surface area contributed by atoms with Crippen molar-refractivity contribution >= 4 is 0 Å². The van der Waals surface area contributed by atoms with Gasteiger partial charge in [-0.05, 0) is 49.9 Å². The molecule has 4 rings (SSSR count). The van der Waals surface area contributed by atoms with Gasteiger partial charge >= 0.3 is 0 Å². The summed E-state index contributed by atoms with van der Waals surface area (Å²) in [7, 11) is 0. The van der Waals surface area contributed by atoms with Crippen LogP contribution in [0.2, 0.25) is 0 Å². The predicted octanol–water partition coefficient (Wildman–Crippen LogP) is 0.918. The minimum atomic E-state index is -0.379. The predicted molar refractivity (Wildman–Crippen MR) is 44.5 cm³/mol. The van der Waals surface area contributed by atoms with E-state index < -0.39 is 0 Å². The summed E-state index contributed by atoms with van der Waals surface area (Å²) in [6, 6.07) is 0. The maximum atomic E-state index is 10.1. The third-order valence-electron chi connectivity index (χ3n) is 4.19. The zero-order chi connectivity index (χ0) is 8.34. The van der Waals surface area contributed by atoms with Crippen molar-refractivity contribution in [2.75, 3.05) is 0 Å². The standard InChI is InChI=1S/C10H16O2/c11-9-7-1-6-2-8(9)5-10(12,3-6)4-7/h6-9,11-12H,1-5H2/t6?,7-,8-,9?,10?/m1/s1. The Bertz CT molecular complexity index is 198. The van der Waals surface area contributed by atoms with Crippen LogP contribution in [0.25, 0.3) is 0 Å². The van der Waals surface area contributed by atoms with Crippen molar-refractivity contribution in [3.8, 4) is 0 Å². The van der Waals surface area contributed by atoms with Gasteiger partial charge in [-0.2, -0.15) is 0 Å². The van der Waals surface area contributed by atoms with Gasteiger partial charge in [-0.25, -0.2) is 0 Å². The van der Waals surface area contributed by atoms with E-state index in [1.807, 2.05) is 0 Å². The molecule has 0 radical (unpaired) electrons. The highest BCUT2D eigenvalue weighted by Gasteiger charge is 2.54. The molecule has 2 N–H and O–H groups in total. The van der Waals surface area contributed by atoms with Gasteiger partial charge in [0.15, 0.2) is 0 Å². The Balaban J connectivity index is 1.95. The Labute approximate surface area is 72.6 Å². The Hall–Kier alpha value is -0.0800. The van der Waals surface area contributed by atoms with E-state index in [4.69, 9.17) is 0 Å². The van der Waals surface area contributed by atoms with Crippen molar-refractivity contribution in [1.82, 2.24) is 0 Å². The van der Waals surface area contributed by atoms with E-state index >= 15 is 0 Å². The highest BCUT2D eigenvalue weighted by molar-refractivity contribution is 5.05. The smallest absolute Gasteiger partial charge is 0.0657 e. The Morgan fingerprint density at radius 3 is 2.08 bits per heavy atom. The Kier molecular flexibility index (Phi) is 1.25. The van der Waals surface area contributed by atoms with E-state index in [9.17, 15) is 10.2 Å². The summed E-state index contributed by atoms with van der Waals surface area (Å²) in [5, 5.41) is 19.9. The molecule has 4 bridgehead atoms. The third-order valence-corrected chi connectivity index (χ3v) is 4.19. The van der Waals surface area contributed by atoms with Gasteiger partial charge in [0.2, 0.25) is 0 Å². The first-order valence-corrected chi connectivity index (χ1v) is 5.07. The SMILES string of the molecule is OC1[C@@H]2CC3C[C@@H]1CC(O)(C3)C2. The molecule has 0 aliphatic heterocycles. The lowest BCUT2D eigenvalue weighted by Crippen LogP contribution is -2.56. The molecule has 4 fully saturated rings. The van der Waals surface area contributed by atoms with Crippen LogP contribution in [-0.4, -0.2) is 21.9 Å². The van der Waals surface area contributed by atoms with E-state index in [1.54, 1.807) is 0 Å². The fourth-order valence-electron chi connectivity index (χ4n) is 3.95. The van der Waals surface area contributed by atoms with Gasteiger partial charge in [0, 0.05) is 0 Å². The highest BCUT2D eigenvalue weighted by atomic mass is 16.3. The monoisotopic (exact) mass is 168 g/mol. The summed E-state index contributed by atoms with van der Waals surface area (Å²) in [4.78, 5) is 0. The van der Waals surface area contributed by atoms with Crippen LogP contribution >= 0.6 is 0 Å². The van der Waals surface area contributed by atoms with Crippen LogP contribution in [0.3, 0.4) is 0 Å². The molecule has 2 nitrogen and oxygen atoms in total. The molecule has 0 aromatic heterocycles. The van der Waals surface area contributed by atoms with Crippen molar-refractivity contribution < 1.29 is 10.2 Å². The fourth-order valence-corrected chi connectivity index (χ4v) is 3.95. The van der Waals surface area contributed by atoms with Gasteiger partial charge in [0.05, 0.1) is 11.7 Å². The van der Waals surface area contributed by atoms with Crippen molar-refractivity contribution in [3.63, 3.8) is 0 Å². The largest absolute Gasteiger partial charge is 0.393 e. The lowest BCUT2D eigenvalue weighted by Gasteiger charge is -2.56. The number of rotatable bonds is 0. The van der Waals surface area contributed by atoms with Gasteiger partial charge in [0.25, 0.3) is 0 Å². The molecule has 4 saturated carbocycles. The summed E-state index contributed by atoms with van der Waals surface area (Å²) in [5.41, 5.74) is -0.379. The Morgan fingerprint density at radius 2 is 1.58 bits per heavy atom. The van der Waals surface area contributed by atoms with Gasteiger partial charge in [-0.3, -0.25) is 0 Å². The summed E-state index contributed by atoms with van der Waals surface area (Å²) in [5.74, 6) is 1.55. The van der Waals surface area contributed by atoms with E-state index in [1.165, 1.54) is 12.8 Å². The first-order valence-electron chi connectivity index (χ1n) is 5.07. The first-order chi connectivity index (χ1) is 5.66. The highest BCUT2D eigenvalue weighted by Crippen LogP contribution is 2.55. The number of hydrogen-bond donors (Lipinski definition) is 2. The molecule has 68 valence electrons. The fraction of sp³-hybridized carbons (Fsp3) is 1.00. The normalized spacial score (nSPS) is 62.5. The van der Waals surface area contributed by atoms with Crippen LogP contribution in [-0.2, 0) is 0 Å². The molecule has 2 heteroatoms. The molecule has 4 aliphatic carbocycles. The van der Waals surface area contributed by atoms with Crippen LogP contribution < -0.4 is 0 Å². The average molecular weight is 168 g/mol. The lowest BCUT2D eigenvalue weighted by molar-refractivity contribution is -0.175. The summed E-state index contributed by atoms with van der Waals surface area (Å²) < 4.78 is 0. The summed E-state index contributed by atoms with van der Waals surface area (Å²) >= 11 is 0. The number of aliphatic hydroxyl groups excluding tert-OH is 1. The zero-order valence-electron chi connectivity index (χ0n) is 7.24. The summed E-state index contributed by atoms with van der Waals surface area (Å²) in [6.45, 7) is 0. The molecule has 0 heterocycles.